The summed E-state index contributed by atoms with van der Waals surface area (Å²) >= 11 is 0. The Labute approximate surface area is 62.7 Å². The van der Waals surface area contributed by atoms with Crippen LogP contribution in [0.15, 0.2) is 6.07 Å². The number of aromatic amines is 1. The number of hydrogen-bond acceptors (Lipinski definition) is 1. The predicted molar refractivity (Wildman–Crippen MR) is 43.7 cm³/mol. The zero-order chi connectivity index (χ0) is 7.98. The summed E-state index contributed by atoms with van der Waals surface area (Å²) < 4.78 is 0. The van der Waals surface area contributed by atoms with E-state index >= 15 is 0 Å². The van der Waals surface area contributed by atoms with Crippen molar-refractivity contribution in [3.05, 3.63) is 24.4 Å². The Morgan fingerprint density at radius 2 is 2.10 bits per heavy atom. The van der Waals surface area contributed by atoms with Crippen molar-refractivity contribution in [2.24, 2.45) is 0 Å². The lowest BCUT2D eigenvalue weighted by Crippen LogP contribution is -1.68. The van der Waals surface area contributed by atoms with Crippen LogP contribution in [-0.2, 0) is 0 Å². The van der Waals surface area contributed by atoms with E-state index in [2.05, 4.69) is 17.1 Å². The van der Waals surface area contributed by atoms with E-state index in [1.807, 2.05) is 26.8 Å². The number of H-pyrrole nitrogens is 1. The molecule has 0 aliphatic carbocycles. The van der Waals surface area contributed by atoms with Gasteiger partial charge in [-0.1, -0.05) is 20.3 Å². The van der Waals surface area contributed by atoms with Crippen LogP contribution < -0.4 is 0 Å². The minimum atomic E-state index is 1.00. The van der Waals surface area contributed by atoms with E-state index in [0.717, 1.165) is 17.8 Å². The monoisotopic (exact) mass is 139 g/mol. The van der Waals surface area contributed by atoms with Crippen molar-refractivity contribution in [3.8, 4) is 0 Å². The van der Waals surface area contributed by atoms with Gasteiger partial charge in [0.1, 0.15) is 0 Å². The molecule has 0 atom stereocenters. The van der Waals surface area contributed by atoms with Crippen molar-refractivity contribution in [2.75, 3.05) is 0 Å². The summed E-state index contributed by atoms with van der Waals surface area (Å²) in [7, 11) is 0. The fraction of sp³-hybridized carbons (Fsp3) is 0.500. The summed E-state index contributed by atoms with van der Waals surface area (Å²) in [6.07, 6.45) is 1.00. The fourth-order valence-electron chi connectivity index (χ4n) is 0.554. The van der Waals surface area contributed by atoms with E-state index in [0.29, 0.717) is 0 Å². The van der Waals surface area contributed by atoms with Crippen LogP contribution in [-0.4, -0.2) is 10.2 Å². The maximum atomic E-state index is 3.89. The van der Waals surface area contributed by atoms with Gasteiger partial charge in [-0.2, -0.15) is 5.10 Å². The number of aromatic nitrogens is 2. The molecule has 57 valence electrons. The predicted octanol–water partition coefficient (Wildman–Crippen LogP) is 2.26. The van der Waals surface area contributed by atoms with E-state index in [-0.39, 0.29) is 0 Å². The number of hydrogen-bond donors (Lipinski definition) is 1. The molecule has 1 aromatic rings. The average Bonchev–Trinajstić information content (AvgIpc) is 2.17. The van der Waals surface area contributed by atoms with E-state index in [1.165, 1.54) is 0 Å². The Hall–Kier alpha value is -0.790. The molecule has 0 aliphatic heterocycles. The molecule has 0 unspecified atom stereocenters. The second kappa shape index (κ2) is 5.03. The maximum Gasteiger partial charge on any atom is 0.0593 e. The summed E-state index contributed by atoms with van der Waals surface area (Å²) in [6.45, 7) is 9.45. The Bertz CT molecular complexity index is 151. The third kappa shape index (κ3) is 4.13. The van der Waals surface area contributed by atoms with Gasteiger partial charge in [-0.3, -0.25) is 5.10 Å². The second-order valence-corrected chi connectivity index (χ2v) is 2.19. The third-order valence-electron chi connectivity index (χ3n) is 0.834. The van der Waals surface area contributed by atoms with Crippen molar-refractivity contribution >= 4 is 0 Å². The Kier molecular flexibility index (Phi) is 4.63. The Morgan fingerprint density at radius 3 is 2.20 bits per heavy atom. The summed E-state index contributed by atoms with van der Waals surface area (Å²) in [5, 5.41) is 6.71. The van der Waals surface area contributed by atoms with E-state index in [1.54, 1.807) is 0 Å². The Balaban J connectivity index is 0.000000236. The third-order valence-corrected chi connectivity index (χ3v) is 0.834. The number of nitrogens with zero attached hydrogens (tertiary/aromatic N) is 1. The minimum absolute atomic E-state index is 1.00. The van der Waals surface area contributed by atoms with Gasteiger partial charge in [0.15, 0.2) is 0 Å². The van der Waals surface area contributed by atoms with Crippen LogP contribution in [0.3, 0.4) is 0 Å². The zero-order valence-electron chi connectivity index (χ0n) is 6.94. The molecular weight excluding hydrogens is 124 g/mol. The van der Waals surface area contributed by atoms with E-state index in [9.17, 15) is 0 Å². The van der Waals surface area contributed by atoms with Crippen molar-refractivity contribution < 1.29 is 0 Å². The molecule has 0 amide bonds. The van der Waals surface area contributed by atoms with Gasteiger partial charge in [0.25, 0.3) is 0 Å². The molecule has 0 fully saturated rings. The van der Waals surface area contributed by atoms with Crippen molar-refractivity contribution in [1.29, 1.82) is 0 Å². The van der Waals surface area contributed by atoms with Crippen molar-refractivity contribution in [3.63, 3.8) is 0 Å². The topological polar surface area (TPSA) is 28.7 Å². The first kappa shape index (κ1) is 9.21. The van der Waals surface area contributed by atoms with Gasteiger partial charge in [0.2, 0.25) is 0 Å². The van der Waals surface area contributed by atoms with Crippen LogP contribution in [0, 0.1) is 20.8 Å². The van der Waals surface area contributed by atoms with Gasteiger partial charge >= 0.3 is 0 Å². The first-order valence-electron chi connectivity index (χ1n) is 3.48. The molecule has 2 nitrogen and oxygen atoms in total. The molecule has 1 aromatic heterocycles. The highest BCUT2D eigenvalue weighted by atomic mass is 15.1. The molecule has 0 aliphatic rings. The molecule has 0 spiro atoms. The second-order valence-electron chi connectivity index (χ2n) is 2.19. The fourth-order valence-corrected chi connectivity index (χ4v) is 0.554. The molecule has 0 bridgehead atoms. The van der Waals surface area contributed by atoms with Crippen LogP contribution in [0.1, 0.15) is 24.7 Å². The number of rotatable bonds is 0. The summed E-state index contributed by atoms with van der Waals surface area (Å²) in [6, 6.07) is 2.00. The molecule has 1 N–H and O–H groups in total. The molecule has 1 rings (SSSR count). The molecule has 2 heteroatoms. The van der Waals surface area contributed by atoms with Gasteiger partial charge in [0.05, 0.1) is 5.69 Å². The minimum Gasteiger partial charge on any atom is -0.283 e. The molecule has 0 aromatic carbocycles. The van der Waals surface area contributed by atoms with Crippen molar-refractivity contribution in [2.45, 2.75) is 27.2 Å². The SMILES string of the molecule is Cc1cc(C)[nH]n1.[CH2]CC. The van der Waals surface area contributed by atoms with Crippen molar-refractivity contribution in [1.82, 2.24) is 10.2 Å². The highest BCUT2D eigenvalue weighted by molar-refractivity contribution is 5.03. The van der Waals surface area contributed by atoms with Gasteiger partial charge in [-0.05, 0) is 19.9 Å². The molecule has 10 heavy (non-hydrogen) atoms. The zero-order valence-corrected chi connectivity index (χ0v) is 6.94. The quantitative estimate of drug-likeness (QED) is 0.586. The van der Waals surface area contributed by atoms with Crippen LogP contribution >= 0.6 is 0 Å². The summed E-state index contributed by atoms with van der Waals surface area (Å²) in [4.78, 5) is 0. The standard InChI is InChI=1S/C5H8N2.C3H7/c1-4-3-5(2)7-6-4;1-3-2/h3H,1-2H3,(H,6,7);1,3H2,2H3. The van der Waals surface area contributed by atoms with Crippen LogP contribution in [0.5, 0.6) is 0 Å². The molecule has 0 saturated carbocycles. The van der Waals surface area contributed by atoms with Gasteiger partial charge in [-0.15, -0.1) is 0 Å². The van der Waals surface area contributed by atoms with Gasteiger partial charge < -0.3 is 0 Å². The highest BCUT2D eigenvalue weighted by Gasteiger charge is 1.84. The lowest BCUT2D eigenvalue weighted by Gasteiger charge is -1.68. The average molecular weight is 139 g/mol. The number of nitrogens with one attached hydrogen (secondary N) is 1. The van der Waals surface area contributed by atoms with Crippen LogP contribution in [0.25, 0.3) is 0 Å². The van der Waals surface area contributed by atoms with Gasteiger partial charge in [0, 0.05) is 5.69 Å². The Morgan fingerprint density at radius 1 is 1.60 bits per heavy atom. The van der Waals surface area contributed by atoms with E-state index in [4.69, 9.17) is 0 Å². The lowest BCUT2D eigenvalue weighted by molar-refractivity contribution is 1.02. The first-order valence-corrected chi connectivity index (χ1v) is 3.48. The summed E-state index contributed by atoms with van der Waals surface area (Å²) in [5.41, 5.74) is 2.18. The molecule has 1 radical (unpaired) electrons. The van der Waals surface area contributed by atoms with E-state index < -0.39 is 0 Å². The summed E-state index contributed by atoms with van der Waals surface area (Å²) in [5.74, 6) is 0. The normalized spacial score (nSPS) is 8.40. The maximum absolute atomic E-state index is 3.89. The molecule has 1 heterocycles. The van der Waals surface area contributed by atoms with Gasteiger partial charge in [-0.25, -0.2) is 0 Å². The van der Waals surface area contributed by atoms with Crippen LogP contribution in [0.2, 0.25) is 0 Å². The molecular formula is C8H15N2. The van der Waals surface area contributed by atoms with Crippen LogP contribution in [0.4, 0.5) is 0 Å². The lowest BCUT2D eigenvalue weighted by atomic mass is 10.4. The largest absolute Gasteiger partial charge is 0.283 e. The smallest absolute Gasteiger partial charge is 0.0593 e. The molecule has 0 saturated heterocycles. The highest BCUT2D eigenvalue weighted by Crippen LogP contribution is 1.92. The number of aryl methyl sites for hydroxylation is 2. The first-order chi connectivity index (χ1) is 4.70.